The Balaban J connectivity index is 2.44. The van der Waals surface area contributed by atoms with Gasteiger partial charge in [-0.05, 0) is 18.6 Å². The summed E-state index contributed by atoms with van der Waals surface area (Å²) in [6.45, 7) is 9.88. The third kappa shape index (κ3) is 4.72. The monoisotopic (exact) mass is 223 g/mol. The van der Waals surface area contributed by atoms with Crippen LogP contribution in [0.5, 0.6) is 0 Å². The molecule has 0 spiro atoms. The molecule has 1 nitrogen and oxygen atoms in total. The van der Waals surface area contributed by atoms with Gasteiger partial charge in [-0.3, -0.25) is 0 Å². The third-order valence-corrected chi connectivity index (χ3v) is 3.52. The second kappa shape index (κ2) is 6.19. The van der Waals surface area contributed by atoms with Gasteiger partial charge in [0.2, 0.25) is 0 Å². The number of thioether (sulfide) groups is 1. The average molecular weight is 223 g/mol. The van der Waals surface area contributed by atoms with E-state index in [4.69, 9.17) is 0 Å². The van der Waals surface area contributed by atoms with E-state index < -0.39 is 0 Å². The molecule has 0 radical (unpaired) electrons. The second-order valence-corrected chi connectivity index (χ2v) is 5.74. The van der Waals surface area contributed by atoms with Crippen molar-refractivity contribution < 1.29 is 0 Å². The number of hydrogen-bond donors (Lipinski definition) is 1. The topological polar surface area (TPSA) is 12.0 Å². The average Bonchev–Trinajstić information content (AvgIpc) is 2.18. The molecule has 0 aliphatic rings. The van der Waals surface area contributed by atoms with E-state index >= 15 is 0 Å². The van der Waals surface area contributed by atoms with E-state index in [2.05, 4.69) is 57.3 Å². The summed E-state index contributed by atoms with van der Waals surface area (Å²) < 4.78 is 0. The van der Waals surface area contributed by atoms with Crippen LogP contribution in [0.25, 0.3) is 0 Å². The molecule has 0 bridgehead atoms. The Morgan fingerprint density at radius 1 is 1.20 bits per heavy atom. The predicted molar refractivity (Wildman–Crippen MR) is 69.6 cm³/mol. The van der Waals surface area contributed by atoms with Crippen molar-refractivity contribution in [1.29, 1.82) is 0 Å². The molecule has 1 atom stereocenters. The first-order valence-corrected chi connectivity index (χ1v) is 6.43. The van der Waals surface area contributed by atoms with E-state index in [1.807, 2.05) is 11.8 Å². The minimum absolute atomic E-state index is 0.574. The zero-order valence-electron chi connectivity index (χ0n) is 10.1. The summed E-state index contributed by atoms with van der Waals surface area (Å²) in [7, 11) is 0. The Bertz CT molecular complexity index is 296. The lowest BCUT2D eigenvalue weighted by atomic mass is 10.2. The molecule has 0 fully saturated rings. The third-order valence-electron chi connectivity index (χ3n) is 2.24. The van der Waals surface area contributed by atoms with Crippen molar-refractivity contribution in [3.8, 4) is 0 Å². The zero-order valence-corrected chi connectivity index (χ0v) is 10.9. The molecule has 0 aromatic heterocycles. The van der Waals surface area contributed by atoms with Gasteiger partial charge in [0.15, 0.2) is 0 Å². The fourth-order valence-electron chi connectivity index (χ4n) is 1.35. The van der Waals surface area contributed by atoms with Gasteiger partial charge in [-0.25, -0.2) is 0 Å². The number of rotatable bonds is 5. The van der Waals surface area contributed by atoms with Gasteiger partial charge < -0.3 is 5.32 Å². The summed E-state index contributed by atoms with van der Waals surface area (Å²) in [5.74, 6) is 0. The molecule has 1 aromatic rings. The molecule has 2 heteroatoms. The van der Waals surface area contributed by atoms with Crippen molar-refractivity contribution in [3.05, 3.63) is 29.8 Å². The zero-order chi connectivity index (χ0) is 11.3. The van der Waals surface area contributed by atoms with E-state index in [-0.39, 0.29) is 0 Å². The summed E-state index contributed by atoms with van der Waals surface area (Å²) in [5.41, 5.74) is 1.37. The van der Waals surface area contributed by atoms with Gasteiger partial charge in [0.1, 0.15) is 0 Å². The summed E-state index contributed by atoms with van der Waals surface area (Å²) in [5, 5.41) is 4.08. The molecule has 84 valence electrons. The van der Waals surface area contributed by atoms with Crippen LogP contribution in [0.4, 0.5) is 0 Å². The SMILES string of the molecule is Cc1ccccc1SC(C)CNC(C)C. The summed E-state index contributed by atoms with van der Waals surface area (Å²) in [6, 6.07) is 9.15. The van der Waals surface area contributed by atoms with Gasteiger partial charge in [-0.15, -0.1) is 11.8 Å². The first-order valence-electron chi connectivity index (χ1n) is 5.55. The summed E-state index contributed by atoms with van der Waals surface area (Å²) >= 11 is 1.95. The van der Waals surface area contributed by atoms with Crippen molar-refractivity contribution in [2.45, 2.75) is 43.9 Å². The van der Waals surface area contributed by atoms with Crippen LogP contribution in [-0.2, 0) is 0 Å². The predicted octanol–water partition coefficient (Wildman–Crippen LogP) is 3.47. The van der Waals surface area contributed by atoms with Crippen LogP contribution in [-0.4, -0.2) is 17.8 Å². The molecule has 0 heterocycles. The molecule has 0 saturated carbocycles. The number of benzene rings is 1. The Morgan fingerprint density at radius 3 is 2.47 bits per heavy atom. The highest BCUT2D eigenvalue weighted by atomic mass is 32.2. The van der Waals surface area contributed by atoms with Crippen molar-refractivity contribution >= 4 is 11.8 Å². The molecule has 1 aromatic carbocycles. The number of aryl methyl sites for hydroxylation is 1. The highest BCUT2D eigenvalue weighted by Crippen LogP contribution is 2.25. The normalized spacial score (nSPS) is 13.1. The van der Waals surface area contributed by atoms with E-state index in [1.165, 1.54) is 10.5 Å². The molecule has 1 unspecified atom stereocenters. The summed E-state index contributed by atoms with van der Waals surface area (Å²) in [6.07, 6.45) is 0. The van der Waals surface area contributed by atoms with Gasteiger partial charge in [0.05, 0.1) is 0 Å². The fourth-order valence-corrected chi connectivity index (χ4v) is 2.37. The van der Waals surface area contributed by atoms with E-state index in [0.717, 1.165) is 6.54 Å². The van der Waals surface area contributed by atoms with E-state index in [0.29, 0.717) is 11.3 Å². The van der Waals surface area contributed by atoms with Crippen molar-refractivity contribution in [2.24, 2.45) is 0 Å². The first-order chi connectivity index (χ1) is 7.09. The minimum Gasteiger partial charge on any atom is -0.313 e. The Morgan fingerprint density at radius 2 is 1.87 bits per heavy atom. The second-order valence-electron chi connectivity index (χ2n) is 4.26. The van der Waals surface area contributed by atoms with Gasteiger partial charge in [0, 0.05) is 22.7 Å². The maximum absolute atomic E-state index is 3.46. The Labute approximate surface area is 97.7 Å². The van der Waals surface area contributed by atoms with Gasteiger partial charge in [-0.2, -0.15) is 0 Å². The van der Waals surface area contributed by atoms with E-state index in [1.54, 1.807) is 0 Å². The molecule has 15 heavy (non-hydrogen) atoms. The molecule has 0 amide bonds. The van der Waals surface area contributed by atoms with Crippen LogP contribution in [0.2, 0.25) is 0 Å². The van der Waals surface area contributed by atoms with Crippen LogP contribution in [0.3, 0.4) is 0 Å². The molecule has 0 aliphatic carbocycles. The fraction of sp³-hybridized carbons (Fsp3) is 0.538. The molecule has 0 aliphatic heterocycles. The lowest BCUT2D eigenvalue weighted by molar-refractivity contribution is 0.589. The van der Waals surface area contributed by atoms with Crippen molar-refractivity contribution in [1.82, 2.24) is 5.32 Å². The first kappa shape index (κ1) is 12.6. The lowest BCUT2D eigenvalue weighted by Crippen LogP contribution is -2.28. The van der Waals surface area contributed by atoms with Crippen LogP contribution < -0.4 is 5.32 Å². The van der Waals surface area contributed by atoms with Crippen molar-refractivity contribution in [3.63, 3.8) is 0 Å². The smallest absolute Gasteiger partial charge is 0.0191 e. The lowest BCUT2D eigenvalue weighted by Gasteiger charge is -2.15. The molecule has 1 N–H and O–H groups in total. The maximum atomic E-state index is 3.46. The van der Waals surface area contributed by atoms with Gasteiger partial charge >= 0.3 is 0 Å². The van der Waals surface area contributed by atoms with E-state index in [9.17, 15) is 0 Å². The molecular weight excluding hydrogens is 202 g/mol. The number of hydrogen-bond acceptors (Lipinski definition) is 2. The van der Waals surface area contributed by atoms with Crippen LogP contribution in [0, 0.1) is 6.92 Å². The van der Waals surface area contributed by atoms with Crippen LogP contribution >= 0.6 is 11.8 Å². The maximum Gasteiger partial charge on any atom is 0.0191 e. The molecular formula is C13H21NS. The van der Waals surface area contributed by atoms with Crippen molar-refractivity contribution in [2.75, 3.05) is 6.54 Å². The number of nitrogens with one attached hydrogen (secondary N) is 1. The Kier molecular flexibility index (Phi) is 5.20. The van der Waals surface area contributed by atoms with Gasteiger partial charge in [-0.1, -0.05) is 39.0 Å². The summed E-state index contributed by atoms with van der Waals surface area (Å²) in [4.78, 5) is 1.40. The van der Waals surface area contributed by atoms with Crippen LogP contribution in [0.15, 0.2) is 29.2 Å². The standard InChI is InChI=1S/C13H21NS/c1-10(2)14-9-12(4)15-13-8-6-5-7-11(13)3/h5-8,10,12,14H,9H2,1-4H3. The Hall–Kier alpha value is -0.470. The molecule has 1 rings (SSSR count). The highest BCUT2D eigenvalue weighted by molar-refractivity contribution is 8.00. The largest absolute Gasteiger partial charge is 0.313 e. The minimum atomic E-state index is 0.574. The highest BCUT2D eigenvalue weighted by Gasteiger charge is 2.06. The molecule has 0 saturated heterocycles. The van der Waals surface area contributed by atoms with Gasteiger partial charge in [0.25, 0.3) is 0 Å². The quantitative estimate of drug-likeness (QED) is 0.767. The van der Waals surface area contributed by atoms with Crippen LogP contribution in [0.1, 0.15) is 26.3 Å².